The highest BCUT2D eigenvalue weighted by molar-refractivity contribution is 5.91. The molecule has 35 heavy (non-hydrogen) atoms. The standard InChI is InChI=1S/C30H43FN2O2/c1-28(35)13-14-29(2)20(16-28)6-8-22-23-9-10-25(30(23,3)12-11-24(22)29)27(34)18-33-26-15-21(31)7-5-19(26)17-32-4/h5,7,15,17,20,22-25,33,35H,6,8-14,16,18H2,1-4H3/b32-17-/t20-,22+,23+,24+,25-,28-,29+,30+/m1/s1. The second-order valence-electron chi connectivity index (χ2n) is 13.0. The van der Waals surface area contributed by atoms with Crippen molar-refractivity contribution in [1.29, 1.82) is 0 Å². The smallest absolute Gasteiger partial charge is 0.155 e. The van der Waals surface area contributed by atoms with E-state index in [1.165, 1.54) is 31.4 Å². The van der Waals surface area contributed by atoms with Crippen LogP contribution < -0.4 is 5.32 Å². The molecule has 0 heterocycles. The van der Waals surface area contributed by atoms with Crippen molar-refractivity contribution in [1.82, 2.24) is 0 Å². The molecule has 2 N–H and O–H groups in total. The first-order chi connectivity index (χ1) is 16.6. The van der Waals surface area contributed by atoms with Gasteiger partial charge in [-0.25, -0.2) is 4.39 Å². The number of Topliss-reactive ketones (excluding diaryl/α,β-unsaturated/α-hetero) is 1. The van der Waals surface area contributed by atoms with Crippen LogP contribution in [0.25, 0.3) is 0 Å². The summed E-state index contributed by atoms with van der Waals surface area (Å²) >= 11 is 0. The quantitative estimate of drug-likeness (QED) is 0.487. The van der Waals surface area contributed by atoms with Crippen molar-refractivity contribution in [2.75, 3.05) is 18.9 Å². The average molecular weight is 483 g/mol. The van der Waals surface area contributed by atoms with E-state index in [9.17, 15) is 14.3 Å². The lowest BCUT2D eigenvalue weighted by Gasteiger charge is -2.61. The van der Waals surface area contributed by atoms with Crippen LogP contribution in [0.15, 0.2) is 23.2 Å². The number of nitrogens with zero attached hydrogens (tertiary/aromatic N) is 1. The summed E-state index contributed by atoms with van der Waals surface area (Å²) in [6.07, 6.45) is 11.7. The van der Waals surface area contributed by atoms with Crippen LogP contribution in [0.5, 0.6) is 0 Å². The molecule has 0 amide bonds. The molecule has 0 aliphatic heterocycles. The van der Waals surface area contributed by atoms with Crippen molar-refractivity contribution in [3.05, 3.63) is 29.6 Å². The predicted molar refractivity (Wildman–Crippen MR) is 139 cm³/mol. The maximum Gasteiger partial charge on any atom is 0.155 e. The number of hydrogen-bond donors (Lipinski definition) is 2. The molecule has 4 fully saturated rings. The number of aliphatic hydroxyl groups is 1. The molecule has 1 aromatic rings. The van der Waals surface area contributed by atoms with E-state index in [-0.39, 0.29) is 29.5 Å². The molecule has 8 atom stereocenters. The molecular formula is C30H43FN2O2. The summed E-state index contributed by atoms with van der Waals surface area (Å²) in [7, 11) is 1.69. The van der Waals surface area contributed by atoms with Crippen LogP contribution in [0.2, 0.25) is 0 Å². The van der Waals surface area contributed by atoms with Crippen LogP contribution in [0.4, 0.5) is 10.1 Å². The summed E-state index contributed by atoms with van der Waals surface area (Å²) in [4.78, 5) is 17.6. The molecule has 0 spiro atoms. The van der Waals surface area contributed by atoms with E-state index in [1.807, 2.05) is 6.92 Å². The number of carbonyl (C=O) groups excluding carboxylic acids is 1. The minimum Gasteiger partial charge on any atom is -0.390 e. The molecule has 4 nitrogen and oxygen atoms in total. The molecule has 0 radical (unpaired) electrons. The maximum atomic E-state index is 13.9. The minimum absolute atomic E-state index is 0.0684. The van der Waals surface area contributed by atoms with Crippen LogP contribution in [0.3, 0.4) is 0 Å². The molecule has 0 bridgehead atoms. The number of hydrogen-bond acceptors (Lipinski definition) is 4. The number of aliphatic imine (C=N–C) groups is 1. The molecule has 0 saturated heterocycles. The molecule has 4 saturated carbocycles. The maximum absolute atomic E-state index is 13.9. The molecule has 192 valence electrons. The van der Waals surface area contributed by atoms with Gasteiger partial charge in [0.05, 0.1) is 12.1 Å². The highest BCUT2D eigenvalue weighted by Gasteiger charge is 2.61. The van der Waals surface area contributed by atoms with Crippen LogP contribution >= 0.6 is 0 Å². The summed E-state index contributed by atoms with van der Waals surface area (Å²) in [6, 6.07) is 4.58. The van der Waals surface area contributed by atoms with E-state index in [2.05, 4.69) is 24.2 Å². The molecule has 4 aliphatic rings. The van der Waals surface area contributed by atoms with Gasteiger partial charge >= 0.3 is 0 Å². The Balaban J connectivity index is 1.29. The van der Waals surface area contributed by atoms with Crippen molar-refractivity contribution >= 4 is 17.7 Å². The van der Waals surface area contributed by atoms with Crippen molar-refractivity contribution < 1.29 is 14.3 Å². The highest BCUT2D eigenvalue weighted by atomic mass is 19.1. The van der Waals surface area contributed by atoms with E-state index in [0.29, 0.717) is 28.9 Å². The van der Waals surface area contributed by atoms with Gasteiger partial charge in [-0.3, -0.25) is 9.79 Å². The van der Waals surface area contributed by atoms with Gasteiger partial charge in [-0.15, -0.1) is 0 Å². The number of nitrogens with one attached hydrogen (secondary N) is 1. The van der Waals surface area contributed by atoms with Gasteiger partial charge in [-0.2, -0.15) is 0 Å². The van der Waals surface area contributed by atoms with Gasteiger partial charge in [0.2, 0.25) is 0 Å². The normalized spacial score (nSPS) is 42.9. The Labute approximate surface area is 210 Å². The lowest BCUT2D eigenvalue weighted by atomic mass is 9.44. The lowest BCUT2D eigenvalue weighted by Crippen LogP contribution is -2.55. The van der Waals surface area contributed by atoms with Gasteiger partial charge in [-0.1, -0.05) is 13.8 Å². The van der Waals surface area contributed by atoms with E-state index in [4.69, 9.17) is 0 Å². The zero-order valence-corrected chi connectivity index (χ0v) is 21.9. The van der Waals surface area contributed by atoms with E-state index >= 15 is 0 Å². The SMILES string of the molecule is C/N=C\c1ccc(F)cc1NCC(=O)[C@H]1CC[C@H]2[C@@H]3CC[C@@H]4C[C@](C)(O)CC[C@]4(C)[C@H]3CC[C@]12C. The average Bonchev–Trinajstić information content (AvgIpc) is 3.17. The summed E-state index contributed by atoms with van der Waals surface area (Å²) < 4.78 is 13.9. The fourth-order valence-electron chi connectivity index (χ4n) is 9.20. The second kappa shape index (κ2) is 8.97. The zero-order chi connectivity index (χ0) is 25.0. The Morgan fingerprint density at radius 3 is 2.63 bits per heavy atom. The molecule has 5 heteroatoms. The molecule has 0 unspecified atom stereocenters. The molecule has 1 aromatic carbocycles. The Bertz CT molecular complexity index is 1010. The topological polar surface area (TPSA) is 61.7 Å². The first kappa shape index (κ1) is 24.9. The first-order valence-electron chi connectivity index (χ1n) is 13.8. The minimum atomic E-state index is -0.497. The van der Waals surface area contributed by atoms with Crippen LogP contribution in [0.1, 0.15) is 84.1 Å². The lowest BCUT2D eigenvalue weighted by molar-refractivity contribution is -0.150. The third-order valence-electron chi connectivity index (χ3n) is 11.1. The van der Waals surface area contributed by atoms with Crippen LogP contribution in [-0.4, -0.2) is 36.3 Å². The van der Waals surface area contributed by atoms with Crippen molar-refractivity contribution in [2.45, 2.75) is 84.2 Å². The van der Waals surface area contributed by atoms with Gasteiger partial charge < -0.3 is 10.4 Å². The van der Waals surface area contributed by atoms with Gasteiger partial charge in [0.25, 0.3) is 0 Å². The van der Waals surface area contributed by atoms with Gasteiger partial charge in [-0.05, 0) is 117 Å². The Morgan fingerprint density at radius 2 is 1.86 bits per heavy atom. The number of fused-ring (bicyclic) bond motifs is 5. The monoisotopic (exact) mass is 482 g/mol. The molecule has 5 rings (SSSR count). The van der Waals surface area contributed by atoms with Crippen molar-refractivity contribution in [3.8, 4) is 0 Å². The predicted octanol–water partition coefficient (Wildman–Crippen LogP) is 6.27. The number of ketones is 1. The number of carbonyl (C=O) groups is 1. The third-order valence-corrected chi connectivity index (χ3v) is 11.1. The molecule has 0 aromatic heterocycles. The number of rotatable bonds is 5. The molecule has 4 aliphatic carbocycles. The van der Waals surface area contributed by atoms with Crippen LogP contribution in [0, 0.1) is 46.2 Å². The molecular weight excluding hydrogens is 439 g/mol. The van der Waals surface area contributed by atoms with Gasteiger partial charge in [0.1, 0.15) is 5.82 Å². The number of anilines is 1. The Morgan fingerprint density at radius 1 is 1.09 bits per heavy atom. The highest BCUT2D eigenvalue weighted by Crippen LogP contribution is 2.68. The summed E-state index contributed by atoms with van der Waals surface area (Å²) in [5, 5.41) is 14.0. The number of halogens is 1. The van der Waals surface area contributed by atoms with E-state index < -0.39 is 5.60 Å². The Hall–Kier alpha value is -1.75. The van der Waals surface area contributed by atoms with E-state index in [0.717, 1.165) is 50.0 Å². The summed E-state index contributed by atoms with van der Waals surface area (Å²) in [5.41, 5.74) is 1.34. The first-order valence-corrected chi connectivity index (χ1v) is 13.8. The van der Waals surface area contributed by atoms with Gasteiger partial charge in [0.15, 0.2) is 5.78 Å². The third kappa shape index (κ3) is 4.26. The van der Waals surface area contributed by atoms with E-state index in [1.54, 1.807) is 19.3 Å². The summed E-state index contributed by atoms with van der Waals surface area (Å²) in [5.74, 6) is 2.72. The second-order valence-corrected chi connectivity index (χ2v) is 13.0. The van der Waals surface area contributed by atoms with Crippen molar-refractivity contribution in [2.24, 2.45) is 45.4 Å². The largest absolute Gasteiger partial charge is 0.390 e. The fraction of sp³-hybridized carbons (Fsp3) is 0.733. The Kier molecular flexibility index (Phi) is 6.39. The van der Waals surface area contributed by atoms with Gasteiger partial charge in [0, 0.05) is 30.4 Å². The summed E-state index contributed by atoms with van der Waals surface area (Å²) in [6.45, 7) is 7.18. The number of benzene rings is 1. The zero-order valence-electron chi connectivity index (χ0n) is 21.9. The fourth-order valence-corrected chi connectivity index (χ4v) is 9.20. The van der Waals surface area contributed by atoms with Crippen molar-refractivity contribution in [3.63, 3.8) is 0 Å². The van der Waals surface area contributed by atoms with Crippen LogP contribution in [-0.2, 0) is 4.79 Å².